The number of hydrogen-bond acceptors (Lipinski definition) is 6. The van der Waals surface area contributed by atoms with Crippen molar-refractivity contribution in [2.24, 2.45) is 0 Å². The highest BCUT2D eigenvalue weighted by Gasteiger charge is 2.27. The molecule has 0 aliphatic heterocycles. The van der Waals surface area contributed by atoms with E-state index in [1.165, 1.54) is 18.7 Å². The molecule has 0 bridgehead atoms. The van der Waals surface area contributed by atoms with Crippen LogP contribution in [0.3, 0.4) is 0 Å². The van der Waals surface area contributed by atoms with E-state index < -0.39 is 0 Å². The Labute approximate surface area is 208 Å². The molecular weight excluding hydrogens is 466 g/mol. The Morgan fingerprint density at radius 2 is 1.88 bits per heavy atom. The first-order valence-electron chi connectivity index (χ1n) is 11.8. The molecule has 1 unspecified atom stereocenters. The van der Waals surface area contributed by atoms with Crippen LogP contribution in [0.4, 0.5) is 0 Å². The molecule has 3 aromatic rings. The molecule has 6 nitrogen and oxygen atoms in total. The second kappa shape index (κ2) is 10.4. The van der Waals surface area contributed by atoms with Gasteiger partial charge in [0.15, 0.2) is 10.9 Å². The number of Topliss-reactive ketones (excluding diaryl/α,β-unsaturated/α-hetero) is 1. The number of rotatable bonds is 8. The zero-order valence-electron chi connectivity index (χ0n) is 20.1. The number of thiophene rings is 1. The van der Waals surface area contributed by atoms with Gasteiger partial charge in [-0.15, -0.1) is 11.3 Å². The Hall–Kier alpha value is -2.45. The highest BCUT2D eigenvalue weighted by molar-refractivity contribution is 8.00. The summed E-state index contributed by atoms with van der Waals surface area (Å²) in [5.41, 5.74) is 2.76. The van der Waals surface area contributed by atoms with Gasteiger partial charge in [0.1, 0.15) is 4.83 Å². The van der Waals surface area contributed by atoms with Gasteiger partial charge in [-0.2, -0.15) is 0 Å². The number of nitrogens with zero attached hydrogens (tertiary/aromatic N) is 2. The summed E-state index contributed by atoms with van der Waals surface area (Å²) in [6, 6.07) is 7.70. The third-order valence-corrected chi connectivity index (χ3v) is 8.74. The summed E-state index contributed by atoms with van der Waals surface area (Å²) in [6.07, 6.45) is 4.90. The first kappa shape index (κ1) is 24.7. The maximum Gasteiger partial charge on any atom is 0.263 e. The van der Waals surface area contributed by atoms with Crippen molar-refractivity contribution in [3.8, 4) is 0 Å². The van der Waals surface area contributed by atoms with E-state index >= 15 is 0 Å². The van der Waals surface area contributed by atoms with Crippen molar-refractivity contribution in [1.82, 2.24) is 14.9 Å². The van der Waals surface area contributed by atoms with Crippen LogP contribution in [0.25, 0.3) is 10.2 Å². The normalized spacial score (nSPS) is 15.1. The average molecular weight is 498 g/mol. The minimum absolute atomic E-state index is 0.0178. The van der Waals surface area contributed by atoms with Crippen molar-refractivity contribution in [3.05, 3.63) is 56.2 Å². The number of aryl methyl sites for hydroxylation is 2. The molecule has 4 rings (SSSR count). The minimum atomic E-state index is -0.371. The van der Waals surface area contributed by atoms with Gasteiger partial charge in [0.05, 0.1) is 10.6 Å². The number of aromatic nitrogens is 2. The second-order valence-corrected chi connectivity index (χ2v) is 11.5. The topological polar surface area (TPSA) is 81.1 Å². The zero-order chi connectivity index (χ0) is 24.4. The molecule has 2 heterocycles. The van der Waals surface area contributed by atoms with Gasteiger partial charge in [-0.3, -0.25) is 19.0 Å². The van der Waals surface area contributed by atoms with E-state index in [-0.39, 0.29) is 28.5 Å². The molecule has 180 valence electrons. The van der Waals surface area contributed by atoms with Crippen LogP contribution in [0, 0.1) is 13.8 Å². The molecule has 1 aliphatic carbocycles. The van der Waals surface area contributed by atoms with Gasteiger partial charge in [0.2, 0.25) is 5.91 Å². The Balaban J connectivity index is 1.58. The number of benzene rings is 1. The molecule has 1 N–H and O–H groups in total. The summed E-state index contributed by atoms with van der Waals surface area (Å²) in [4.78, 5) is 44.6. The summed E-state index contributed by atoms with van der Waals surface area (Å²) in [5, 5.41) is 3.79. The average Bonchev–Trinajstić information content (AvgIpc) is 3.42. The van der Waals surface area contributed by atoms with Gasteiger partial charge in [-0.05, 0) is 51.2 Å². The Morgan fingerprint density at radius 1 is 1.21 bits per heavy atom. The lowest BCUT2D eigenvalue weighted by molar-refractivity contribution is -0.118. The van der Waals surface area contributed by atoms with Crippen LogP contribution in [0.1, 0.15) is 71.9 Å². The van der Waals surface area contributed by atoms with Crippen LogP contribution in [-0.2, 0) is 11.2 Å². The van der Waals surface area contributed by atoms with E-state index in [9.17, 15) is 14.4 Å². The molecule has 0 spiro atoms. The molecule has 0 saturated heterocycles. The van der Waals surface area contributed by atoms with Gasteiger partial charge >= 0.3 is 0 Å². The van der Waals surface area contributed by atoms with E-state index in [1.807, 2.05) is 49.6 Å². The third-order valence-electron chi connectivity index (χ3n) is 6.57. The first-order valence-corrected chi connectivity index (χ1v) is 13.5. The highest BCUT2D eigenvalue weighted by atomic mass is 32.2. The predicted molar refractivity (Wildman–Crippen MR) is 139 cm³/mol. The van der Waals surface area contributed by atoms with Crippen molar-refractivity contribution >= 4 is 45.0 Å². The molecule has 8 heteroatoms. The van der Waals surface area contributed by atoms with Crippen LogP contribution in [0.5, 0.6) is 0 Å². The molecular formula is C26H31N3O3S2. The number of carbonyl (C=O) groups excluding carboxylic acids is 2. The van der Waals surface area contributed by atoms with Crippen LogP contribution >= 0.6 is 23.1 Å². The van der Waals surface area contributed by atoms with E-state index in [0.717, 1.165) is 58.3 Å². The fourth-order valence-corrected chi connectivity index (χ4v) is 6.65. The predicted octanol–water partition coefficient (Wildman–Crippen LogP) is 5.23. The van der Waals surface area contributed by atoms with Crippen molar-refractivity contribution in [2.75, 3.05) is 6.54 Å². The standard InChI is InChI=1S/C26H31N3O3S2/c1-15-16(2)33-24-22(15)25(32)29(21-7-5-6-8-21)26(28-24)34-17(3)23(31)20-11-9-19(10-12-20)13-14-27-18(4)30/h9-12,17,21H,5-8,13-14H2,1-4H3,(H,27,30). The molecule has 0 radical (unpaired) electrons. The molecule has 1 amide bonds. The number of ketones is 1. The van der Waals surface area contributed by atoms with Crippen molar-refractivity contribution in [1.29, 1.82) is 0 Å². The largest absolute Gasteiger partial charge is 0.356 e. The van der Waals surface area contributed by atoms with Gasteiger partial charge in [0, 0.05) is 30.0 Å². The first-order chi connectivity index (χ1) is 16.3. The number of amides is 1. The number of hydrogen-bond donors (Lipinski definition) is 1. The van der Waals surface area contributed by atoms with Gasteiger partial charge in [-0.1, -0.05) is 48.9 Å². The van der Waals surface area contributed by atoms with E-state index in [2.05, 4.69) is 5.32 Å². The maximum absolute atomic E-state index is 13.6. The van der Waals surface area contributed by atoms with E-state index in [4.69, 9.17) is 4.98 Å². The fraction of sp³-hybridized carbons (Fsp3) is 0.462. The summed E-state index contributed by atoms with van der Waals surface area (Å²) in [7, 11) is 0. The fourth-order valence-electron chi connectivity index (χ4n) is 4.52. The van der Waals surface area contributed by atoms with Gasteiger partial charge in [0.25, 0.3) is 5.56 Å². The van der Waals surface area contributed by atoms with Crippen molar-refractivity contribution < 1.29 is 9.59 Å². The lowest BCUT2D eigenvalue weighted by Gasteiger charge is -2.20. The minimum Gasteiger partial charge on any atom is -0.356 e. The molecule has 1 saturated carbocycles. The van der Waals surface area contributed by atoms with Crippen molar-refractivity contribution in [3.63, 3.8) is 0 Å². The lowest BCUT2D eigenvalue weighted by atomic mass is 10.0. The Kier molecular flexibility index (Phi) is 7.57. The van der Waals surface area contributed by atoms with Crippen LogP contribution in [0.15, 0.2) is 34.2 Å². The molecule has 2 aromatic heterocycles. The third kappa shape index (κ3) is 5.13. The van der Waals surface area contributed by atoms with Crippen LogP contribution < -0.4 is 10.9 Å². The number of fused-ring (bicyclic) bond motifs is 1. The molecule has 34 heavy (non-hydrogen) atoms. The number of thioether (sulfide) groups is 1. The Bertz CT molecular complexity index is 1270. The maximum atomic E-state index is 13.6. The Morgan fingerprint density at radius 3 is 2.53 bits per heavy atom. The second-order valence-electron chi connectivity index (χ2n) is 9.03. The lowest BCUT2D eigenvalue weighted by Crippen LogP contribution is -2.27. The van der Waals surface area contributed by atoms with E-state index in [0.29, 0.717) is 17.3 Å². The van der Waals surface area contributed by atoms with Gasteiger partial charge < -0.3 is 5.32 Å². The molecule has 1 atom stereocenters. The summed E-state index contributed by atoms with van der Waals surface area (Å²) in [6.45, 7) is 7.98. The molecule has 1 aliphatic rings. The number of nitrogens with one attached hydrogen (secondary N) is 1. The highest BCUT2D eigenvalue weighted by Crippen LogP contribution is 2.36. The molecule has 1 aromatic carbocycles. The van der Waals surface area contributed by atoms with E-state index in [1.54, 1.807) is 11.3 Å². The van der Waals surface area contributed by atoms with Crippen LogP contribution in [-0.4, -0.2) is 33.0 Å². The SMILES string of the molecule is CC(=O)NCCc1ccc(C(=O)C(C)Sc2nc3sc(C)c(C)c3c(=O)n2C2CCCC2)cc1. The zero-order valence-corrected chi connectivity index (χ0v) is 21.8. The number of carbonyl (C=O) groups is 2. The smallest absolute Gasteiger partial charge is 0.263 e. The van der Waals surface area contributed by atoms with Crippen LogP contribution in [0.2, 0.25) is 0 Å². The summed E-state index contributed by atoms with van der Waals surface area (Å²) in [5.74, 6) is -0.0299. The van der Waals surface area contributed by atoms with Gasteiger partial charge in [-0.25, -0.2) is 4.98 Å². The quantitative estimate of drug-likeness (QED) is 0.262. The van der Waals surface area contributed by atoms with Crippen molar-refractivity contribution in [2.45, 2.75) is 76.2 Å². The summed E-state index contributed by atoms with van der Waals surface area (Å²) < 4.78 is 1.87. The monoisotopic (exact) mass is 497 g/mol. The molecule has 1 fully saturated rings. The summed E-state index contributed by atoms with van der Waals surface area (Å²) >= 11 is 2.94.